The van der Waals surface area contributed by atoms with Crippen molar-refractivity contribution in [2.24, 2.45) is 0 Å². The maximum atomic E-state index is 16.9. The summed E-state index contributed by atoms with van der Waals surface area (Å²) in [5.74, 6) is 0.146. The average Bonchev–Trinajstić information content (AvgIpc) is 0.674. The van der Waals surface area contributed by atoms with Gasteiger partial charge in [0.15, 0.2) is 0 Å². The zero-order valence-corrected chi connectivity index (χ0v) is 58.6. The Morgan fingerprint density at radius 2 is 0.485 bits per heavy atom. The second-order valence-electron chi connectivity index (χ2n) is 33.1. The summed E-state index contributed by atoms with van der Waals surface area (Å²) in [6.07, 6.45) is 17.8. The van der Waals surface area contributed by atoms with Gasteiger partial charge in [0.1, 0.15) is 5.67 Å². The van der Waals surface area contributed by atoms with Crippen LogP contribution in [-0.4, -0.2) is 21.4 Å². The SMILES string of the molecule is BrC12CC3(c4ccccc4)CC(c4ccccc4)(C1)CC(c1ccccc1)(C2)C3.CC(=O)N(c1ccccc1)C12CC3(c4ccccc4)CC(c4ccccc4)(CC(c4ccccc4)(C3)C1)C2.CC1(c2ccccc2)CC2(F)CC(C)(c3ccccc3)CC(c3ccccc3)(C2)C1. The third-order valence-electron chi connectivity index (χ3n) is 26.0. The molecule has 0 N–H and O–H groups in total. The van der Waals surface area contributed by atoms with Crippen LogP contribution in [0.3, 0.4) is 0 Å². The second kappa shape index (κ2) is 23.9. The fourth-order valence-electron chi connectivity index (χ4n) is 24.5. The molecule has 10 aromatic carbocycles. The molecule has 0 heterocycles. The first kappa shape index (κ1) is 63.8. The zero-order valence-electron chi connectivity index (χ0n) is 57.0. The first-order valence-corrected chi connectivity index (χ1v) is 36.9. The number of alkyl halides is 2. The van der Waals surface area contributed by atoms with E-state index in [0.717, 1.165) is 57.1 Å². The summed E-state index contributed by atoms with van der Waals surface area (Å²) in [6, 6.07) is 110. The standard InChI is InChI=1S/C36H35NO.C29H31F.C28H27Br/c1-28(38)37(32-20-12-5-13-21-32)36-25-33(29-14-6-2-7-15-29)22-34(26-36,30-16-8-3-9-17-30)24-35(23-33,27-36)31-18-10-4-11-19-31;1-26(23-12-6-3-7-13-23)18-28(25-16-10-5-11-17-25)19-27(2,21-29(30,20-26)22-28)24-14-8-4-9-15-24;29-28-19-25(22-10-4-1-5-11-22)16-26(20-28,23-12-6-2-7-13-23)18-27(17-25,21-28)24-14-8-3-9-15-24/h2-21H,22-27H2,1H3;3-17H,18-22H2,1-2H3;1-15H,16-21H2. The number of para-hydroxylation sites is 1. The van der Waals surface area contributed by atoms with Gasteiger partial charge in [-0.2, -0.15) is 0 Å². The van der Waals surface area contributed by atoms with E-state index >= 15 is 4.39 Å². The number of hydrogen-bond donors (Lipinski definition) is 0. The molecule has 1 amide bonds. The van der Waals surface area contributed by atoms with Crippen molar-refractivity contribution < 1.29 is 9.18 Å². The van der Waals surface area contributed by atoms with Crippen LogP contribution in [0.4, 0.5) is 10.1 Å². The first-order chi connectivity index (χ1) is 46.9. The molecule has 10 fully saturated rings. The van der Waals surface area contributed by atoms with Crippen molar-refractivity contribution in [3.05, 3.63) is 353 Å². The van der Waals surface area contributed by atoms with Crippen LogP contribution < -0.4 is 4.90 Å². The van der Waals surface area contributed by atoms with Crippen molar-refractivity contribution in [3.8, 4) is 0 Å². The number of nitrogens with zero attached hydrogens (tertiary/aromatic N) is 1. The summed E-state index contributed by atoms with van der Waals surface area (Å²) in [4.78, 5) is 15.9. The highest BCUT2D eigenvalue weighted by atomic mass is 79.9. The Kier molecular flexibility index (Phi) is 15.7. The largest absolute Gasteiger partial charge is 0.306 e. The molecule has 2 nitrogen and oxygen atoms in total. The minimum Gasteiger partial charge on any atom is -0.306 e. The molecule has 4 heteroatoms. The van der Waals surface area contributed by atoms with E-state index in [1.54, 1.807) is 23.6 Å². The predicted molar refractivity (Wildman–Crippen MR) is 401 cm³/mol. The van der Waals surface area contributed by atoms with Crippen molar-refractivity contribution in [3.63, 3.8) is 0 Å². The van der Waals surface area contributed by atoms with Crippen LogP contribution >= 0.6 is 15.9 Å². The van der Waals surface area contributed by atoms with Gasteiger partial charge in [-0.15, -0.1) is 0 Å². The quantitative estimate of drug-likeness (QED) is 0.118. The van der Waals surface area contributed by atoms with E-state index < -0.39 is 5.67 Å². The van der Waals surface area contributed by atoms with Gasteiger partial charge >= 0.3 is 0 Å². The number of rotatable bonds is 11. The molecular formula is C93H93BrFNO. The first-order valence-electron chi connectivity index (χ1n) is 36.1. The maximum Gasteiger partial charge on any atom is 0.224 e. The van der Waals surface area contributed by atoms with Crippen molar-refractivity contribution in [2.45, 2.75) is 194 Å². The third kappa shape index (κ3) is 11.1. The number of fused-ring (bicyclic) bond motifs is 2. The van der Waals surface area contributed by atoms with Crippen molar-refractivity contribution in [1.82, 2.24) is 0 Å². The minimum atomic E-state index is -1.18. The molecule has 10 aliphatic rings. The molecule has 2 atom stereocenters. The Hall–Kier alpha value is -7.92. The van der Waals surface area contributed by atoms with Gasteiger partial charge in [0.05, 0.1) is 5.54 Å². The number of hydrogen-bond acceptors (Lipinski definition) is 1. The topological polar surface area (TPSA) is 20.3 Å². The van der Waals surface area contributed by atoms with E-state index in [1.165, 1.54) is 71.9 Å². The Labute approximate surface area is 585 Å². The minimum absolute atomic E-state index is 0.00975. The molecule has 0 aromatic heterocycles. The number of carbonyl (C=O) groups is 1. The summed E-state index contributed by atoms with van der Waals surface area (Å²) < 4.78 is 17.1. The van der Waals surface area contributed by atoms with Crippen LogP contribution in [0.1, 0.15) is 180 Å². The molecule has 0 spiro atoms. The molecule has 10 aliphatic carbocycles. The third-order valence-corrected chi connectivity index (χ3v) is 26.8. The molecule has 0 saturated heterocycles. The van der Waals surface area contributed by atoms with Gasteiger partial charge in [0.2, 0.25) is 5.91 Å². The molecule has 0 aliphatic heterocycles. The van der Waals surface area contributed by atoms with E-state index in [2.05, 4.69) is 332 Å². The Morgan fingerprint density at radius 1 is 0.278 bits per heavy atom. The molecule has 0 radical (unpaired) electrons. The predicted octanol–water partition coefficient (Wildman–Crippen LogP) is 22.8. The maximum absolute atomic E-state index is 16.9. The van der Waals surface area contributed by atoms with Gasteiger partial charge in [-0.25, -0.2) is 4.39 Å². The lowest BCUT2D eigenvalue weighted by molar-refractivity contribution is -0.122. The summed E-state index contributed by atoms with van der Waals surface area (Å²) in [5.41, 5.74) is 12.5. The van der Waals surface area contributed by atoms with Crippen molar-refractivity contribution in [2.75, 3.05) is 4.90 Å². The molecule has 10 saturated carbocycles. The van der Waals surface area contributed by atoms with Gasteiger partial charge in [-0.05, 0) is 215 Å². The van der Waals surface area contributed by atoms with Gasteiger partial charge in [0.25, 0.3) is 0 Å². The highest BCUT2D eigenvalue weighted by molar-refractivity contribution is 9.10. The number of benzene rings is 10. The lowest BCUT2D eigenvalue weighted by atomic mass is 9.34. The van der Waals surface area contributed by atoms with Crippen LogP contribution in [0.5, 0.6) is 0 Å². The Bertz CT molecular complexity index is 4040. The van der Waals surface area contributed by atoms with Gasteiger partial charge < -0.3 is 4.90 Å². The van der Waals surface area contributed by atoms with Crippen LogP contribution in [-0.2, 0) is 53.5 Å². The average molecular weight is 1340 g/mol. The number of anilines is 1. The number of halogens is 2. The van der Waals surface area contributed by atoms with Crippen LogP contribution in [0.25, 0.3) is 0 Å². The van der Waals surface area contributed by atoms with Crippen LogP contribution in [0, 0.1) is 0 Å². The lowest BCUT2D eigenvalue weighted by Gasteiger charge is -2.72. The Balaban J connectivity index is 0.000000116. The molecule has 10 aromatic rings. The molecule has 490 valence electrons. The zero-order chi connectivity index (χ0) is 66.3. The molecule has 20 rings (SSSR count). The fraction of sp³-hybridized carbons (Fsp3) is 0.344. The number of amides is 1. The summed E-state index contributed by atoms with van der Waals surface area (Å²) in [6.45, 7) is 6.35. The van der Waals surface area contributed by atoms with E-state index in [9.17, 15) is 4.79 Å². The number of carbonyl (C=O) groups excluding carboxylic acids is 1. The van der Waals surface area contributed by atoms with E-state index in [4.69, 9.17) is 0 Å². The van der Waals surface area contributed by atoms with Gasteiger partial charge in [0, 0.05) is 22.4 Å². The van der Waals surface area contributed by atoms with Crippen LogP contribution in [0.2, 0.25) is 0 Å². The van der Waals surface area contributed by atoms with E-state index in [1.807, 2.05) is 6.07 Å². The van der Waals surface area contributed by atoms with E-state index in [0.29, 0.717) is 19.3 Å². The molecular weight excluding hydrogens is 1250 g/mol. The van der Waals surface area contributed by atoms with Crippen molar-refractivity contribution >= 4 is 27.5 Å². The fourth-order valence-corrected chi connectivity index (χ4v) is 26.1. The summed E-state index contributed by atoms with van der Waals surface area (Å²) >= 11 is 4.35. The summed E-state index contributed by atoms with van der Waals surface area (Å²) in [7, 11) is 0. The highest BCUT2D eigenvalue weighted by Gasteiger charge is 2.72. The second-order valence-corrected chi connectivity index (χ2v) is 34.8. The summed E-state index contributed by atoms with van der Waals surface area (Å²) in [5, 5.41) is 0. The molecule has 97 heavy (non-hydrogen) atoms. The van der Waals surface area contributed by atoms with E-state index in [-0.39, 0.29) is 64.5 Å². The normalized spacial score (nSPS) is 34.5. The smallest absolute Gasteiger partial charge is 0.224 e. The Morgan fingerprint density at radius 3 is 0.722 bits per heavy atom. The monoisotopic (exact) mass is 1340 g/mol. The van der Waals surface area contributed by atoms with Gasteiger partial charge in [-0.3, -0.25) is 4.79 Å². The molecule has 10 bridgehead atoms. The van der Waals surface area contributed by atoms with Crippen LogP contribution in [0.15, 0.2) is 303 Å². The molecule has 2 unspecified atom stereocenters. The van der Waals surface area contributed by atoms with Crippen molar-refractivity contribution in [1.29, 1.82) is 0 Å². The van der Waals surface area contributed by atoms with Gasteiger partial charge in [-0.1, -0.05) is 321 Å². The lowest BCUT2D eigenvalue weighted by Crippen LogP contribution is -2.73. The highest BCUT2D eigenvalue weighted by Crippen LogP contribution is 2.76.